The number of benzene rings is 1. The molecule has 6 heteroatoms. The molecule has 29 heavy (non-hydrogen) atoms. The van der Waals surface area contributed by atoms with Crippen molar-refractivity contribution >= 4 is 17.3 Å². The SMILES string of the molecule is CCNC(=NCC1(NC(C)c2ccccc2)CCOCC1)NCCc1cccs1. The van der Waals surface area contributed by atoms with Gasteiger partial charge in [0.2, 0.25) is 0 Å². The Bertz CT molecular complexity index is 727. The Morgan fingerprint density at radius 2 is 1.93 bits per heavy atom. The summed E-state index contributed by atoms with van der Waals surface area (Å²) in [6, 6.07) is 15.2. The lowest BCUT2D eigenvalue weighted by atomic mass is 9.88. The number of rotatable bonds is 9. The second kappa shape index (κ2) is 11.3. The van der Waals surface area contributed by atoms with Crippen molar-refractivity contribution in [3.05, 3.63) is 58.3 Å². The molecule has 0 saturated carbocycles. The van der Waals surface area contributed by atoms with Crippen LogP contribution in [0.2, 0.25) is 0 Å². The van der Waals surface area contributed by atoms with Crippen molar-refractivity contribution in [3.8, 4) is 0 Å². The first-order valence-corrected chi connectivity index (χ1v) is 11.5. The first kappa shape index (κ1) is 21.8. The molecule has 1 aromatic carbocycles. The van der Waals surface area contributed by atoms with Crippen molar-refractivity contribution in [1.82, 2.24) is 16.0 Å². The van der Waals surface area contributed by atoms with Gasteiger partial charge in [-0.25, -0.2) is 0 Å². The zero-order chi connectivity index (χ0) is 20.4. The molecule has 1 aliphatic heterocycles. The summed E-state index contributed by atoms with van der Waals surface area (Å²) in [5.74, 6) is 0.893. The highest BCUT2D eigenvalue weighted by atomic mass is 32.1. The molecule has 1 aliphatic rings. The molecule has 2 heterocycles. The summed E-state index contributed by atoms with van der Waals surface area (Å²) in [5.41, 5.74) is 1.27. The monoisotopic (exact) mass is 414 g/mol. The van der Waals surface area contributed by atoms with Crippen LogP contribution in [-0.2, 0) is 11.2 Å². The standard InChI is InChI=1S/C23H34N4OS/c1-3-24-22(25-14-11-21-10-7-17-29-21)26-18-23(12-15-28-16-13-23)27-19(2)20-8-5-4-6-9-20/h4-10,17,19,27H,3,11-16,18H2,1-2H3,(H2,24,25,26). The molecule has 1 atom stereocenters. The Kier molecular flexibility index (Phi) is 8.52. The summed E-state index contributed by atoms with van der Waals surface area (Å²) >= 11 is 1.80. The van der Waals surface area contributed by atoms with Crippen molar-refractivity contribution < 1.29 is 4.74 Å². The third-order valence-electron chi connectivity index (χ3n) is 5.40. The Balaban J connectivity index is 1.63. The summed E-state index contributed by atoms with van der Waals surface area (Å²) in [6.45, 7) is 8.39. The van der Waals surface area contributed by atoms with Crippen LogP contribution in [-0.4, -0.2) is 44.3 Å². The maximum Gasteiger partial charge on any atom is 0.191 e. The number of guanidine groups is 1. The number of hydrogen-bond acceptors (Lipinski definition) is 4. The predicted octanol–water partition coefficient (Wildman–Crippen LogP) is 3.75. The fourth-order valence-electron chi connectivity index (χ4n) is 3.73. The van der Waals surface area contributed by atoms with E-state index in [9.17, 15) is 0 Å². The van der Waals surface area contributed by atoms with E-state index in [0.29, 0.717) is 0 Å². The van der Waals surface area contributed by atoms with Crippen LogP contribution in [0.1, 0.15) is 43.2 Å². The van der Waals surface area contributed by atoms with E-state index in [1.54, 1.807) is 11.3 Å². The summed E-state index contributed by atoms with van der Waals surface area (Å²) in [6.07, 6.45) is 2.97. The fourth-order valence-corrected chi connectivity index (χ4v) is 4.43. The highest BCUT2D eigenvalue weighted by Gasteiger charge is 2.34. The molecule has 0 aliphatic carbocycles. The van der Waals surface area contributed by atoms with Crippen molar-refractivity contribution in [2.75, 3.05) is 32.8 Å². The first-order valence-electron chi connectivity index (χ1n) is 10.7. The van der Waals surface area contributed by atoms with Gasteiger partial charge in [0.05, 0.1) is 6.54 Å². The second-order valence-corrected chi connectivity index (χ2v) is 8.65. The topological polar surface area (TPSA) is 57.7 Å². The molecule has 158 valence electrons. The number of hydrogen-bond donors (Lipinski definition) is 3. The van der Waals surface area contributed by atoms with Crippen molar-refractivity contribution in [2.45, 2.75) is 44.7 Å². The molecule has 3 rings (SSSR count). The van der Waals surface area contributed by atoms with Crippen LogP contribution in [0.3, 0.4) is 0 Å². The van der Waals surface area contributed by atoms with E-state index in [0.717, 1.165) is 58.1 Å². The van der Waals surface area contributed by atoms with Gasteiger partial charge in [-0.3, -0.25) is 4.99 Å². The lowest BCUT2D eigenvalue weighted by Crippen LogP contribution is -2.53. The van der Waals surface area contributed by atoms with Crippen LogP contribution >= 0.6 is 11.3 Å². The Morgan fingerprint density at radius 1 is 1.14 bits per heavy atom. The smallest absolute Gasteiger partial charge is 0.191 e. The third-order valence-corrected chi connectivity index (χ3v) is 6.34. The molecule has 2 aromatic rings. The largest absolute Gasteiger partial charge is 0.381 e. The molecule has 1 unspecified atom stereocenters. The molecule has 1 aromatic heterocycles. The quantitative estimate of drug-likeness (QED) is 0.432. The lowest BCUT2D eigenvalue weighted by Gasteiger charge is -2.39. The van der Waals surface area contributed by atoms with Crippen molar-refractivity contribution in [1.29, 1.82) is 0 Å². The molecule has 1 saturated heterocycles. The van der Waals surface area contributed by atoms with Gasteiger partial charge in [0.1, 0.15) is 0 Å². The number of nitrogens with one attached hydrogen (secondary N) is 3. The first-order chi connectivity index (χ1) is 14.2. The van der Waals surface area contributed by atoms with E-state index in [-0.39, 0.29) is 11.6 Å². The van der Waals surface area contributed by atoms with Gasteiger partial charge in [-0.2, -0.15) is 0 Å². The molecular formula is C23H34N4OS. The van der Waals surface area contributed by atoms with Crippen LogP contribution in [0.15, 0.2) is 52.8 Å². The van der Waals surface area contributed by atoms with E-state index >= 15 is 0 Å². The Hall–Kier alpha value is -1.89. The van der Waals surface area contributed by atoms with Gasteiger partial charge >= 0.3 is 0 Å². The van der Waals surface area contributed by atoms with Crippen LogP contribution in [0.5, 0.6) is 0 Å². The van der Waals surface area contributed by atoms with Gasteiger partial charge in [0.15, 0.2) is 5.96 Å². The molecule has 0 spiro atoms. The molecule has 5 nitrogen and oxygen atoms in total. The Labute approximate surface area is 179 Å². The van der Waals surface area contributed by atoms with E-state index in [4.69, 9.17) is 9.73 Å². The molecule has 0 radical (unpaired) electrons. The lowest BCUT2D eigenvalue weighted by molar-refractivity contribution is 0.0374. The van der Waals surface area contributed by atoms with Gasteiger partial charge < -0.3 is 20.7 Å². The predicted molar refractivity (Wildman–Crippen MR) is 123 cm³/mol. The molecule has 3 N–H and O–H groups in total. The minimum Gasteiger partial charge on any atom is -0.381 e. The molecular weight excluding hydrogens is 380 g/mol. The van der Waals surface area contributed by atoms with E-state index in [2.05, 4.69) is 77.6 Å². The van der Waals surface area contributed by atoms with Gasteiger partial charge in [-0.05, 0) is 50.1 Å². The van der Waals surface area contributed by atoms with Crippen molar-refractivity contribution in [3.63, 3.8) is 0 Å². The van der Waals surface area contributed by atoms with Crippen molar-refractivity contribution in [2.24, 2.45) is 4.99 Å². The maximum absolute atomic E-state index is 5.65. The van der Waals surface area contributed by atoms with Gasteiger partial charge in [-0.1, -0.05) is 36.4 Å². The van der Waals surface area contributed by atoms with Crippen LogP contribution < -0.4 is 16.0 Å². The minimum absolute atomic E-state index is 0.0381. The maximum atomic E-state index is 5.65. The zero-order valence-corrected chi connectivity index (χ0v) is 18.4. The summed E-state index contributed by atoms with van der Waals surface area (Å²) < 4.78 is 5.65. The summed E-state index contributed by atoms with van der Waals surface area (Å²) in [4.78, 5) is 6.35. The number of nitrogens with zero attached hydrogens (tertiary/aromatic N) is 1. The second-order valence-electron chi connectivity index (χ2n) is 7.62. The van der Waals surface area contributed by atoms with Gasteiger partial charge in [0, 0.05) is 42.8 Å². The molecule has 0 amide bonds. The molecule has 0 bridgehead atoms. The summed E-state index contributed by atoms with van der Waals surface area (Å²) in [5, 5.41) is 12.9. The summed E-state index contributed by atoms with van der Waals surface area (Å²) in [7, 11) is 0. The van der Waals surface area contributed by atoms with E-state index in [1.807, 2.05) is 0 Å². The number of ether oxygens (including phenoxy) is 1. The van der Waals surface area contributed by atoms with Crippen LogP contribution in [0, 0.1) is 0 Å². The van der Waals surface area contributed by atoms with Gasteiger partial charge in [-0.15, -0.1) is 11.3 Å². The Morgan fingerprint density at radius 3 is 2.62 bits per heavy atom. The highest BCUT2D eigenvalue weighted by Crippen LogP contribution is 2.26. The van der Waals surface area contributed by atoms with E-state index in [1.165, 1.54) is 10.4 Å². The molecule has 1 fully saturated rings. The third kappa shape index (κ3) is 6.84. The average Bonchev–Trinajstić information content (AvgIpc) is 3.27. The van der Waals surface area contributed by atoms with E-state index < -0.39 is 0 Å². The fraction of sp³-hybridized carbons (Fsp3) is 0.522. The van der Waals surface area contributed by atoms with Gasteiger partial charge in [0.25, 0.3) is 0 Å². The minimum atomic E-state index is -0.0381. The zero-order valence-electron chi connectivity index (χ0n) is 17.6. The number of thiophene rings is 1. The highest BCUT2D eigenvalue weighted by molar-refractivity contribution is 7.09. The average molecular weight is 415 g/mol. The van der Waals surface area contributed by atoms with Crippen LogP contribution in [0.25, 0.3) is 0 Å². The number of aliphatic imine (C=N–C) groups is 1. The van der Waals surface area contributed by atoms with Crippen LogP contribution in [0.4, 0.5) is 0 Å². The normalized spacial score (nSPS) is 17.7.